The van der Waals surface area contributed by atoms with Crippen molar-refractivity contribution in [2.45, 2.75) is 6.92 Å². The van der Waals surface area contributed by atoms with Gasteiger partial charge in [0.1, 0.15) is 0 Å². The third-order valence-corrected chi connectivity index (χ3v) is 3.19. The monoisotopic (exact) mass is 337 g/mol. The molecule has 0 heterocycles. The van der Waals surface area contributed by atoms with Gasteiger partial charge in [-0.1, -0.05) is 0 Å². The first kappa shape index (κ1) is 12.1. The van der Waals surface area contributed by atoms with E-state index in [1.165, 1.54) is 0 Å². The fourth-order valence-electron chi connectivity index (χ4n) is 1.71. The van der Waals surface area contributed by atoms with Gasteiger partial charge >= 0.3 is 0 Å². The van der Waals surface area contributed by atoms with Gasteiger partial charge in [-0.15, -0.1) is 0 Å². The predicted molar refractivity (Wildman–Crippen MR) is 78.2 cm³/mol. The first-order valence-electron chi connectivity index (χ1n) is 5.24. The molecule has 0 atom stereocenters. The third kappa shape index (κ3) is 2.85. The Bertz CT molecular complexity index is 541. The number of hydrogen-bond donors (Lipinski definition) is 1. The molecular weight excluding hydrogens is 325 g/mol. The van der Waals surface area contributed by atoms with Gasteiger partial charge in [-0.05, 0) is 77.5 Å². The van der Waals surface area contributed by atoms with E-state index in [2.05, 4.69) is 22.6 Å². The lowest BCUT2D eigenvalue weighted by Gasteiger charge is -2.04. The smallest absolute Gasteiger partial charge is 0.193 e. The molecule has 2 nitrogen and oxygen atoms in total. The number of nitrogen functional groups attached to an aromatic ring is 1. The number of rotatable bonds is 2. The van der Waals surface area contributed by atoms with E-state index in [1.807, 2.05) is 43.3 Å². The van der Waals surface area contributed by atoms with Crippen molar-refractivity contribution in [2.24, 2.45) is 0 Å². The number of carbonyl (C=O) groups excluding carboxylic acids is 1. The molecule has 0 saturated heterocycles. The van der Waals surface area contributed by atoms with Crippen LogP contribution in [0.5, 0.6) is 0 Å². The van der Waals surface area contributed by atoms with Crippen LogP contribution in [-0.2, 0) is 0 Å². The lowest BCUT2D eigenvalue weighted by atomic mass is 10.0. The topological polar surface area (TPSA) is 43.1 Å². The van der Waals surface area contributed by atoms with Gasteiger partial charge < -0.3 is 5.73 Å². The fraction of sp³-hybridized carbons (Fsp3) is 0.0714. The summed E-state index contributed by atoms with van der Waals surface area (Å²) < 4.78 is 1.11. The van der Waals surface area contributed by atoms with E-state index in [1.54, 1.807) is 6.07 Å². The molecule has 0 fully saturated rings. The standard InChI is InChI=1S/C14H12INO/c1-9-6-11(8-13(16)7-9)14(17)10-2-4-12(15)5-3-10/h2-8H,16H2,1H3. The van der Waals surface area contributed by atoms with Crippen LogP contribution >= 0.6 is 22.6 Å². The van der Waals surface area contributed by atoms with Crippen molar-refractivity contribution < 1.29 is 4.79 Å². The van der Waals surface area contributed by atoms with Crippen molar-refractivity contribution in [1.82, 2.24) is 0 Å². The zero-order chi connectivity index (χ0) is 12.4. The Morgan fingerprint density at radius 2 is 1.71 bits per heavy atom. The number of halogens is 1. The van der Waals surface area contributed by atoms with Gasteiger partial charge in [0.15, 0.2) is 5.78 Å². The maximum atomic E-state index is 12.2. The van der Waals surface area contributed by atoms with Crippen LogP contribution in [0.3, 0.4) is 0 Å². The van der Waals surface area contributed by atoms with E-state index >= 15 is 0 Å². The van der Waals surface area contributed by atoms with Crippen molar-refractivity contribution in [3.05, 3.63) is 62.7 Å². The lowest BCUT2D eigenvalue weighted by Crippen LogP contribution is -2.02. The summed E-state index contributed by atoms with van der Waals surface area (Å²) in [7, 11) is 0. The van der Waals surface area contributed by atoms with E-state index in [0.29, 0.717) is 16.8 Å². The van der Waals surface area contributed by atoms with Crippen LogP contribution in [0.15, 0.2) is 42.5 Å². The van der Waals surface area contributed by atoms with Crippen molar-refractivity contribution in [3.63, 3.8) is 0 Å². The molecule has 17 heavy (non-hydrogen) atoms. The maximum Gasteiger partial charge on any atom is 0.193 e. The molecule has 2 aromatic carbocycles. The average Bonchev–Trinajstić information content (AvgIpc) is 2.28. The highest BCUT2D eigenvalue weighted by atomic mass is 127. The van der Waals surface area contributed by atoms with E-state index in [9.17, 15) is 4.79 Å². The Balaban J connectivity index is 2.40. The second-order valence-corrected chi connectivity index (χ2v) is 5.21. The zero-order valence-electron chi connectivity index (χ0n) is 9.41. The quantitative estimate of drug-likeness (QED) is 0.518. The van der Waals surface area contributed by atoms with Gasteiger partial charge in [0.25, 0.3) is 0 Å². The largest absolute Gasteiger partial charge is 0.399 e. The molecule has 2 rings (SSSR count). The van der Waals surface area contributed by atoms with E-state index in [4.69, 9.17) is 5.73 Å². The van der Waals surface area contributed by atoms with Crippen molar-refractivity contribution in [1.29, 1.82) is 0 Å². The molecule has 0 radical (unpaired) electrons. The first-order chi connectivity index (χ1) is 8.06. The minimum atomic E-state index is 0.0109. The fourth-order valence-corrected chi connectivity index (χ4v) is 2.07. The molecule has 86 valence electrons. The minimum Gasteiger partial charge on any atom is -0.399 e. The summed E-state index contributed by atoms with van der Waals surface area (Å²) in [6.07, 6.45) is 0. The molecular formula is C14H12INO. The summed E-state index contributed by atoms with van der Waals surface area (Å²) in [5.41, 5.74) is 8.70. The van der Waals surface area contributed by atoms with Gasteiger partial charge in [0.05, 0.1) is 0 Å². The molecule has 0 spiro atoms. The predicted octanol–water partition coefficient (Wildman–Crippen LogP) is 3.41. The van der Waals surface area contributed by atoms with Gasteiger partial charge in [-0.2, -0.15) is 0 Å². The minimum absolute atomic E-state index is 0.0109. The summed E-state index contributed by atoms with van der Waals surface area (Å²) >= 11 is 2.21. The molecule has 0 amide bonds. The van der Waals surface area contributed by atoms with E-state index < -0.39 is 0 Å². The molecule has 0 bridgehead atoms. The second kappa shape index (κ2) is 4.87. The number of ketones is 1. The molecule has 0 saturated carbocycles. The van der Waals surface area contributed by atoms with E-state index in [0.717, 1.165) is 9.13 Å². The molecule has 0 aromatic heterocycles. The van der Waals surface area contributed by atoms with Crippen LogP contribution in [0.25, 0.3) is 0 Å². The van der Waals surface area contributed by atoms with Gasteiger partial charge in [0.2, 0.25) is 0 Å². The Hall–Kier alpha value is -1.36. The number of hydrogen-bond acceptors (Lipinski definition) is 2. The van der Waals surface area contributed by atoms with Crippen molar-refractivity contribution in [3.8, 4) is 0 Å². The molecule has 3 heteroatoms. The molecule has 2 aromatic rings. The highest BCUT2D eigenvalue weighted by Crippen LogP contribution is 2.16. The Morgan fingerprint density at radius 1 is 1.06 bits per heavy atom. The normalized spacial score (nSPS) is 10.2. The lowest BCUT2D eigenvalue weighted by molar-refractivity contribution is 0.103. The second-order valence-electron chi connectivity index (χ2n) is 3.97. The van der Waals surface area contributed by atoms with Crippen LogP contribution in [0.2, 0.25) is 0 Å². The van der Waals surface area contributed by atoms with Crippen LogP contribution < -0.4 is 5.73 Å². The summed E-state index contributed by atoms with van der Waals surface area (Å²) in [5, 5.41) is 0. The highest BCUT2D eigenvalue weighted by Gasteiger charge is 2.09. The summed E-state index contributed by atoms with van der Waals surface area (Å²) in [6.45, 7) is 1.93. The Morgan fingerprint density at radius 3 is 2.29 bits per heavy atom. The molecule has 0 aliphatic rings. The van der Waals surface area contributed by atoms with Crippen molar-refractivity contribution >= 4 is 34.1 Å². The molecule has 0 aliphatic heterocycles. The zero-order valence-corrected chi connectivity index (χ0v) is 11.6. The summed E-state index contributed by atoms with van der Waals surface area (Å²) in [6, 6.07) is 12.9. The van der Waals surface area contributed by atoms with Crippen LogP contribution in [0.4, 0.5) is 5.69 Å². The first-order valence-corrected chi connectivity index (χ1v) is 6.31. The van der Waals surface area contributed by atoms with Crippen molar-refractivity contribution in [2.75, 3.05) is 5.73 Å². The maximum absolute atomic E-state index is 12.2. The van der Waals surface area contributed by atoms with Crippen LogP contribution in [0, 0.1) is 10.5 Å². The van der Waals surface area contributed by atoms with Gasteiger partial charge in [-0.25, -0.2) is 0 Å². The Labute approximate surface area is 114 Å². The SMILES string of the molecule is Cc1cc(N)cc(C(=O)c2ccc(I)cc2)c1. The van der Waals surface area contributed by atoms with Gasteiger partial charge in [0, 0.05) is 20.4 Å². The third-order valence-electron chi connectivity index (χ3n) is 2.47. The average molecular weight is 337 g/mol. The van der Waals surface area contributed by atoms with Crippen LogP contribution in [0.1, 0.15) is 21.5 Å². The molecule has 0 aliphatic carbocycles. The summed E-state index contributed by atoms with van der Waals surface area (Å²) in [4.78, 5) is 12.2. The Kier molecular flexibility index (Phi) is 3.47. The number of carbonyl (C=O) groups is 1. The molecule has 2 N–H and O–H groups in total. The number of benzene rings is 2. The van der Waals surface area contributed by atoms with Gasteiger partial charge in [-0.3, -0.25) is 4.79 Å². The highest BCUT2D eigenvalue weighted by molar-refractivity contribution is 14.1. The summed E-state index contributed by atoms with van der Waals surface area (Å²) in [5.74, 6) is 0.0109. The number of nitrogens with two attached hydrogens (primary N) is 1. The molecule has 0 unspecified atom stereocenters. The van der Waals surface area contributed by atoms with E-state index in [-0.39, 0.29) is 5.78 Å². The van der Waals surface area contributed by atoms with Crippen LogP contribution in [-0.4, -0.2) is 5.78 Å². The number of anilines is 1. The number of aryl methyl sites for hydroxylation is 1.